The molecular formula is C8H12N+. The molecule has 1 aromatic rings. The van der Waals surface area contributed by atoms with Crippen molar-refractivity contribution in [2.24, 2.45) is 0 Å². The molecule has 0 fully saturated rings. The van der Waals surface area contributed by atoms with Crippen LogP contribution in [0.5, 0.6) is 0 Å². The molecule has 48 valence electrons. The second-order valence-corrected chi connectivity index (χ2v) is 2.47. The fourth-order valence-electron chi connectivity index (χ4n) is 0.766. The second-order valence-electron chi connectivity index (χ2n) is 2.47. The van der Waals surface area contributed by atoms with Gasteiger partial charge in [-0.15, -0.1) is 0 Å². The summed E-state index contributed by atoms with van der Waals surface area (Å²) in [5.41, 5.74) is 1.29. The molecule has 1 heteroatoms. The molecule has 1 N–H and O–H groups in total. The van der Waals surface area contributed by atoms with E-state index in [1.807, 2.05) is 18.3 Å². The monoisotopic (exact) mass is 122 g/mol. The number of rotatable bonds is 1. The first kappa shape index (κ1) is 6.27. The SMILES string of the molecule is CC(C)c1cccc[nH+]1. The molecule has 0 aliphatic carbocycles. The smallest absolute Gasteiger partial charge is 0.182 e. The van der Waals surface area contributed by atoms with Gasteiger partial charge in [0.2, 0.25) is 0 Å². The van der Waals surface area contributed by atoms with E-state index in [2.05, 4.69) is 24.9 Å². The summed E-state index contributed by atoms with van der Waals surface area (Å²) in [7, 11) is 0. The highest BCUT2D eigenvalue weighted by molar-refractivity contribution is 5.00. The lowest BCUT2D eigenvalue weighted by atomic mass is 10.1. The molecule has 0 amide bonds. The van der Waals surface area contributed by atoms with E-state index in [0.29, 0.717) is 5.92 Å². The molecule has 1 heterocycles. The molecule has 1 aromatic heterocycles. The van der Waals surface area contributed by atoms with Gasteiger partial charge in [-0.1, -0.05) is 19.9 Å². The Morgan fingerprint density at radius 2 is 2.11 bits per heavy atom. The molecule has 0 unspecified atom stereocenters. The Labute approximate surface area is 55.7 Å². The van der Waals surface area contributed by atoms with Crippen LogP contribution in [0, 0.1) is 0 Å². The van der Waals surface area contributed by atoms with Crippen molar-refractivity contribution < 1.29 is 4.98 Å². The van der Waals surface area contributed by atoms with Crippen LogP contribution in [0.2, 0.25) is 0 Å². The van der Waals surface area contributed by atoms with Crippen molar-refractivity contribution in [1.82, 2.24) is 0 Å². The van der Waals surface area contributed by atoms with Crippen LogP contribution in [0.25, 0.3) is 0 Å². The van der Waals surface area contributed by atoms with Crippen LogP contribution in [-0.2, 0) is 0 Å². The number of pyridine rings is 1. The Morgan fingerprint density at radius 3 is 2.44 bits per heavy atom. The summed E-state index contributed by atoms with van der Waals surface area (Å²) in [6, 6.07) is 6.14. The van der Waals surface area contributed by atoms with Gasteiger partial charge in [-0.3, -0.25) is 0 Å². The van der Waals surface area contributed by atoms with Crippen LogP contribution < -0.4 is 4.98 Å². The van der Waals surface area contributed by atoms with Gasteiger partial charge in [-0.05, 0) is 0 Å². The van der Waals surface area contributed by atoms with Crippen LogP contribution in [-0.4, -0.2) is 0 Å². The van der Waals surface area contributed by atoms with Gasteiger partial charge in [-0.2, -0.15) is 0 Å². The zero-order chi connectivity index (χ0) is 6.69. The van der Waals surface area contributed by atoms with Gasteiger partial charge in [0, 0.05) is 18.1 Å². The minimum absolute atomic E-state index is 0.603. The van der Waals surface area contributed by atoms with Crippen molar-refractivity contribution in [3.63, 3.8) is 0 Å². The highest BCUT2D eigenvalue weighted by atomic mass is 14.7. The van der Waals surface area contributed by atoms with Crippen LogP contribution in [0.15, 0.2) is 24.4 Å². The van der Waals surface area contributed by atoms with E-state index in [1.54, 1.807) is 0 Å². The Balaban J connectivity index is 2.85. The Bertz CT molecular complexity index is 167. The lowest BCUT2D eigenvalue weighted by Gasteiger charge is -1.93. The van der Waals surface area contributed by atoms with Gasteiger partial charge in [-0.25, -0.2) is 4.98 Å². The predicted molar refractivity (Wildman–Crippen MR) is 37.1 cm³/mol. The first-order valence-electron chi connectivity index (χ1n) is 3.27. The first-order valence-corrected chi connectivity index (χ1v) is 3.27. The van der Waals surface area contributed by atoms with Gasteiger partial charge in [0.15, 0.2) is 11.9 Å². The topological polar surface area (TPSA) is 14.1 Å². The highest BCUT2D eigenvalue weighted by Crippen LogP contribution is 2.05. The maximum atomic E-state index is 3.17. The normalized spacial score (nSPS) is 10.1. The number of aromatic nitrogens is 1. The predicted octanol–water partition coefficient (Wildman–Crippen LogP) is 1.62. The van der Waals surface area contributed by atoms with Crippen LogP contribution in [0.1, 0.15) is 25.5 Å². The van der Waals surface area contributed by atoms with Crippen molar-refractivity contribution in [2.45, 2.75) is 19.8 Å². The van der Waals surface area contributed by atoms with Gasteiger partial charge < -0.3 is 0 Å². The van der Waals surface area contributed by atoms with Crippen LogP contribution >= 0.6 is 0 Å². The molecule has 0 radical (unpaired) electrons. The number of H-pyrrole nitrogens is 1. The highest BCUT2D eigenvalue weighted by Gasteiger charge is 2.02. The molecule has 0 atom stereocenters. The average Bonchev–Trinajstić information content (AvgIpc) is 1.90. The van der Waals surface area contributed by atoms with Gasteiger partial charge >= 0.3 is 0 Å². The van der Waals surface area contributed by atoms with Crippen molar-refractivity contribution in [2.75, 3.05) is 0 Å². The third kappa shape index (κ3) is 1.53. The van der Waals surface area contributed by atoms with Crippen molar-refractivity contribution in [1.29, 1.82) is 0 Å². The molecule has 0 bridgehead atoms. The van der Waals surface area contributed by atoms with E-state index in [0.717, 1.165) is 0 Å². The molecule has 0 aliphatic heterocycles. The Kier molecular flexibility index (Phi) is 1.83. The van der Waals surface area contributed by atoms with E-state index in [-0.39, 0.29) is 0 Å². The number of hydrogen-bond acceptors (Lipinski definition) is 0. The minimum atomic E-state index is 0.603. The number of hydrogen-bond donors (Lipinski definition) is 0. The van der Waals surface area contributed by atoms with E-state index in [1.165, 1.54) is 5.69 Å². The molecule has 0 saturated carbocycles. The summed E-state index contributed by atoms with van der Waals surface area (Å²) in [5.74, 6) is 0.603. The Hall–Kier alpha value is -0.850. The standard InChI is InChI=1S/C8H11N/c1-7(2)8-5-3-4-6-9-8/h3-7H,1-2H3/p+1. The fourth-order valence-corrected chi connectivity index (χ4v) is 0.766. The van der Waals surface area contributed by atoms with Crippen molar-refractivity contribution >= 4 is 0 Å². The lowest BCUT2D eigenvalue weighted by molar-refractivity contribution is -0.392. The molecule has 1 rings (SSSR count). The molecule has 0 aliphatic rings. The van der Waals surface area contributed by atoms with E-state index in [9.17, 15) is 0 Å². The first-order chi connectivity index (χ1) is 4.30. The molecule has 0 saturated heterocycles. The maximum Gasteiger partial charge on any atom is 0.182 e. The Morgan fingerprint density at radius 1 is 1.33 bits per heavy atom. The third-order valence-corrected chi connectivity index (χ3v) is 1.36. The van der Waals surface area contributed by atoms with Gasteiger partial charge in [0.05, 0.1) is 0 Å². The summed E-state index contributed by atoms with van der Waals surface area (Å²) < 4.78 is 0. The number of aromatic amines is 1. The van der Waals surface area contributed by atoms with Gasteiger partial charge in [0.25, 0.3) is 0 Å². The summed E-state index contributed by atoms with van der Waals surface area (Å²) in [6.45, 7) is 4.34. The molecule has 0 aromatic carbocycles. The summed E-state index contributed by atoms with van der Waals surface area (Å²) in [6.07, 6.45) is 1.95. The second kappa shape index (κ2) is 2.62. The third-order valence-electron chi connectivity index (χ3n) is 1.36. The van der Waals surface area contributed by atoms with E-state index >= 15 is 0 Å². The minimum Gasteiger partial charge on any atom is -0.215 e. The zero-order valence-electron chi connectivity index (χ0n) is 5.89. The van der Waals surface area contributed by atoms with E-state index < -0.39 is 0 Å². The summed E-state index contributed by atoms with van der Waals surface area (Å²) in [5, 5.41) is 0. The zero-order valence-corrected chi connectivity index (χ0v) is 5.89. The maximum absolute atomic E-state index is 3.17. The largest absolute Gasteiger partial charge is 0.215 e. The van der Waals surface area contributed by atoms with Crippen molar-refractivity contribution in [3.8, 4) is 0 Å². The molecule has 0 spiro atoms. The van der Waals surface area contributed by atoms with E-state index in [4.69, 9.17) is 0 Å². The van der Waals surface area contributed by atoms with Crippen LogP contribution in [0.4, 0.5) is 0 Å². The average molecular weight is 122 g/mol. The quantitative estimate of drug-likeness (QED) is 0.537. The summed E-state index contributed by atoms with van der Waals surface area (Å²) in [4.78, 5) is 3.17. The molecule has 9 heavy (non-hydrogen) atoms. The van der Waals surface area contributed by atoms with Gasteiger partial charge in [0.1, 0.15) is 0 Å². The fraction of sp³-hybridized carbons (Fsp3) is 0.375. The molecule has 1 nitrogen and oxygen atoms in total. The lowest BCUT2D eigenvalue weighted by Crippen LogP contribution is -2.09. The van der Waals surface area contributed by atoms with Crippen molar-refractivity contribution in [3.05, 3.63) is 30.1 Å². The number of nitrogens with one attached hydrogen (secondary N) is 1. The molecular weight excluding hydrogens is 110 g/mol. The summed E-state index contributed by atoms with van der Waals surface area (Å²) >= 11 is 0. The van der Waals surface area contributed by atoms with Crippen LogP contribution in [0.3, 0.4) is 0 Å².